The maximum Gasteiger partial charge on any atom is 0.120 e. The monoisotopic (exact) mass is 276 g/mol. The van der Waals surface area contributed by atoms with Gasteiger partial charge in [-0.15, -0.1) is 0 Å². The minimum Gasteiger partial charge on any atom is -0.497 e. The van der Waals surface area contributed by atoms with Gasteiger partial charge in [0.15, 0.2) is 0 Å². The second-order valence-electron chi connectivity index (χ2n) is 5.76. The molecule has 0 saturated carbocycles. The first-order valence-electron chi connectivity index (χ1n) is 7.83. The highest BCUT2D eigenvalue weighted by molar-refractivity contribution is 5.52. The third-order valence-corrected chi connectivity index (χ3v) is 4.84. The Bertz CT molecular complexity index is 429. The minimum atomic E-state index is 0.245. The number of nitrogens with zero attached hydrogens (tertiary/aromatic N) is 1. The van der Waals surface area contributed by atoms with E-state index in [9.17, 15) is 0 Å². The fraction of sp³-hybridized carbons (Fsp3) is 0.647. The third kappa shape index (κ3) is 2.93. The summed E-state index contributed by atoms with van der Waals surface area (Å²) in [6.07, 6.45) is 3.49. The quantitative estimate of drug-likeness (QED) is 0.891. The number of rotatable bonds is 5. The second kappa shape index (κ2) is 6.49. The van der Waals surface area contributed by atoms with E-state index in [1.54, 1.807) is 7.11 Å². The number of anilines is 1. The Hall–Kier alpha value is -1.22. The van der Waals surface area contributed by atoms with E-state index in [1.807, 2.05) is 6.07 Å². The van der Waals surface area contributed by atoms with E-state index in [0.717, 1.165) is 25.3 Å². The second-order valence-corrected chi connectivity index (χ2v) is 5.76. The Morgan fingerprint density at radius 1 is 1.30 bits per heavy atom. The van der Waals surface area contributed by atoms with Crippen LogP contribution in [-0.2, 0) is 0 Å². The molecule has 0 bridgehead atoms. The Morgan fingerprint density at radius 2 is 2.05 bits per heavy atom. The van der Waals surface area contributed by atoms with Gasteiger partial charge < -0.3 is 15.0 Å². The lowest BCUT2D eigenvalue weighted by Gasteiger charge is -2.48. The summed E-state index contributed by atoms with van der Waals surface area (Å²) in [6.45, 7) is 8.98. The van der Waals surface area contributed by atoms with Crippen molar-refractivity contribution in [3.63, 3.8) is 0 Å². The molecular weight excluding hydrogens is 248 g/mol. The van der Waals surface area contributed by atoms with Gasteiger partial charge in [0.25, 0.3) is 0 Å². The molecule has 1 N–H and O–H groups in total. The summed E-state index contributed by atoms with van der Waals surface area (Å²) in [5.41, 5.74) is 1.53. The molecule has 3 heteroatoms. The van der Waals surface area contributed by atoms with Crippen LogP contribution < -0.4 is 15.0 Å². The van der Waals surface area contributed by atoms with E-state index in [1.165, 1.54) is 18.5 Å². The molecule has 0 spiro atoms. The van der Waals surface area contributed by atoms with Crippen molar-refractivity contribution in [2.24, 2.45) is 0 Å². The van der Waals surface area contributed by atoms with E-state index >= 15 is 0 Å². The van der Waals surface area contributed by atoms with E-state index < -0.39 is 0 Å². The van der Waals surface area contributed by atoms with Crippen molar-refractivity contribution in [2.75, 3.05) is 25.1 Å². The van der Waals surface area contributed by atoms with Gasteiger partial charge in [-0.25, -0.2) is 0 Å². The number of ether oxygens (including phenoxy) is 1. The van der Waals surface area contributed by atoms with E-state index in [-0.39, 0.29) is 5.54 Å². The van der Waals surface area contributed by atoms with Gasteiger partial charge in [0.2, 0.25) is 0 Å². The van der Waals surface area contributed by atoms with Crippen LogP contribution in [0.15, 0.2) is 24.3 Å². The molecule has 1 aromatic carbocycles. The van der Waals surface area contributed by atoms with Gasteiger partial charge in [-0.1, -0.05) is 26.8 Å². The van der Waals surface area contributed by atoms with E-state index in [2.05, 4.69) is 49.2 Å². The third-order valence-electron chi connectivity index (χ3n) is 4.84. The lowest BCUT2D eigenvalue weighted by atomic mass is 9.87. The van der Waals surface area contributed by atoms with E-state index in [4.69, 9.17) is 4.74 Å². The number of hydrogen-bond donors (Lipinski definition) is 1. The van der Waals surface area contributed by atoms with Crippen molar-refractivity contribution >= 4 is 5.69 Å². The molecule has 0 radical (unpaired) electrons. The van der Waals surface area contributed by atoms with Crippen LogP contribution in [0.2, 0.25) is 0 Å². The first-order chi connectivity index (χ1) is 9.68. The van der Waals surface area contributed by atoms with Crippen molar-refractivity contribution in [3.05, 3.63) is 24.3 Å². The van der Waals surface area contributed by atoms with Gasteiger partial charge in [0, 0.05) is 36.4 Å². The molecule has 1 atom stereocenters. The van der Waals surface area contributed by atoms with Crippen LogP contribution in [-0.4, -0.2) is 31.8 Å². The summed E-state index contributed by atoms with van der Waals surface area (Å²) in [6, 6.07) is 9.02. The van der Waals surface area contributed by atoms with Crippen molar-refractivity contribution in [1.82, 2.24) is 5.32 Å². The molecule has 1 unspecified atom stereocenters. The Labute approximate surface area is 123 Å². The average Bonchev–Trinajstić information content (AvgIpc) is 2.54. The summed E-state index contributed by atoms with van der Waals surface area (Å²) in [5.74, 6) is 0.939. The number of benzene rings is 1. The summed E-state index contributed by atoms with van der Waals surface area (Å²) in [5, 5.41) is 3.79. The van der Waals surface area contributed by atoms with Crippen LogP contribution >= 0.6 is 0 Å². The zero-order chi connectivity index (χ0) is 14.6. The van der Waals surface area contributed by atoms with Gasteiger partial charge in [-0.3, -0.25) is 0 Å². The summed E-state index contributed by atoms with van der Waals surface area (Å²) in [4.78, 5) is 2.56. The van der Waals surface area contributed by atoms with Crippen molar-refractivity contribution in [2.45, 2.75) is 51.6 Å². The molecule has 2 rings (SSSR count). The predicted octanol–water partition coefficient (Wildman–Crippen LogP) is 3.44. The highest BCUT2D eigenvalue weighted by Crippen LogP contribution is 2.30. The maximum absolute atomic E-state index is 5.38. The van der Waals surface area contributed by atoms with Crippen LogP contribution in [0, 0.1) is 0 Å². The Kier molecular flexibility index (Phi) is 4.92. The van der Waals surface area contributed by atoms with Gasteiger partial charge in [-0.2, -0.15) is 0 Å². The fourth-order valence-corrected chi connectivity index (χ4v) is 3.14. The molecular formula is C17H28N2O. The number of nitrogens with one attached hydrogen (secondary N) is 1. The zero-order valence-corrected chi connectivity index (χ0v) is 13.3. The molecule has 0 aliphatic carbocycles. The fourth-order valence-electron chi connectivity index (χ4n) is 3.14. The first kappa shape index (κ1) is 15.2. The van der Waals surface area contributed by atoms with E-state index in [0.29, 0.717) is 6.04 Å². The first-order valence-corrected chi connectivity index (χ1v) is 7.83. The normalized spacial score (nSPS) is 21.8. The van der Waals surface area contributed by atoms with Gasteiger partial charge in [-0.05, 0) is 31.4 Å². The van der Waals surface area contributed by atoms with Crippen LogP contribution in [0.3, 0.4) is 0 Å². The molecule has 3 nitrogen and oxygen atoms in total. The van der Waals surface area contributed by atoms with Gasteiger partial charge >= 0.3 is 0 Å². The van der Waals surface area contributed by atoms with Crippen molar-refractivity contribution in [1.29, 1.82) is 0 Å². The number of piperazine rings is 1. The average molecular weight is 276 g/mol. The Balaban J connectivity index is 2.28. The molecule has 0 amide bonds. The highest BCUT2D eigenvalue weighted by atomic mass is 16.5. The number of methoxy groups -OCH3 is 1. The lowest BCUT2D eigenvalue weighted by molar-refractivity contribution is 0.246. The number of hydrogen-bond acceptors (Lipinski definition) is 3. The minimum absolute atomic E-state index is 0.245. The zero-order valence-electron chi connectivity index (χ0n) is 13.3. The smallest absolute Gasteiger partial charge is 0.120 e. The topological polar surface area (TPSA) is 24.5 Å². The summed E-state index contributed by atoms with van der Waals surface area (Å²) >= 11 is 0. The summed E-state index contributed by atoms with van der Waals surface area (Å²) in [7, 11) is 1.73. The largest absolute Gasteiger partial charge is 0.497 e. The molecule has 1 saturated heterocycles. The van der Waals surface area contributed by atoms with Gasteiger partial charge in [0.1, 0.15) is 5.75 Å². The molecule has 1 aliphatic heterocycles. The van der Waals surface area contributed by atoms with Crippen LogP contribution in [0.4, 0.5) is 5.69 Å². The summed E-state index contributed by atoms with van der Waals surface area (Å²) < 4.78 is 5.38. The Morgan fingerprint density at radius 3 is 2.65 bits per heavy atom. The maximum atomic E-state index is 5.38. The molecule has 1 aliphatic rings. The molecule has 1 aromatic rings. The SMILES string of the molecule is CCC1CNC(CC)(CC)CN1c1cccc(OC)c1. The molecule has 0 aromatic heterocycles. The molecule has 1 heterocycles. The van der Waals surface area contributed by atoms with Crippen molar-refractivity contribution < 1.29 is 4.74 Å². The van der Waals surface area contributed by atoms with Crippen LogP contribution in [0.25, 0.3) is 0 Å². The lowest BCUT2D eigenvalue weighted by Crippen LogP contribution is -2.64. The van der Waals surface area contributed by atoms with Crippen LogP contribution in [0.1, 0.15) is 40.0 Å². The van der Waals surface area contributed by atoms with Crippen molar-refractivity contribution in [3.8, 4) is 5.75 Å². The molecule has 1 fully saturated rings. The van der Waals surface area contributed by atoms with Gasteiger partial charge in [0.05, 0.1) is 7.11 Å². The standard InChI is InChI=1S/C17H28N2O/c1-5-14-12-18-17(6-2,7-3)13-19(14)15-9-8-10-16(11-15)20-4/h8-11,14,18H,5-7,12-13H2,1-4H3. The molecule has 20 heavy (non-hydrogen) atoms. The molecule has 112 valence electrons. The highest BCUT2D eigenvalue weighted by Gasteiger charge is 2.36. The predicted molar refractivity (Wildman–Crippen MR) is 85.7 cm³/mol. The van der Waals surface area contributed by atoms with Crippen LogP contribution in [0.5, 0.6) is 5.75 Å².